The molecule has 6 heteroatoms. The molecule has 0 fully saturated rings. The monoisotopic (exact) mass is 250 g/mol. The summed E-state index contributed by atoms with van der Waals surface area (Å²) in [4.78, 5) is 32.9. The Morgan fingerprint density at radius 3 is 1.83 bits per heavy atom. The molecular weight excluding hydrogens is 240 g/mol. The normalized spacial score (nSPS) is 9.61. The maximum Gasteiger partial charge on any atom is 0.338 e. The lowest BCUT2D eigenvalue weighted by atomic mass is 10.1. The highest BCUT2D eigenvalue weighted by atomic mass is 16.5. The zero-order valence-electron chi connectivity index (χ0n) is 9.47. The quantitative estimate of drug-likeness (QED) is 0.477. The zero-order valence-corrected chi connectivity index (χ0v) is 9.47. The Kier molecular flexibility index (Phi) is 3.83. The van der Waals surface area contributed by atoms with Crippen LogP contribution in [0.25, 0.3) is 0 Å². The summed E-state index contributed by atoms with van der Waals surface area (Å²) in [5.41, 5.74) is -0.438. The van der Waals surface area contributed by atoms with E-state index in [1.807, 2.05) is 0 Å². The van der Waals surface area contributed by atoms with E-state index in [1.54, 1.807) is 0 Å². The van der Waals surface area contributed by atoms with Crippen LogP contribution in [0.5, 0.6) is 5.75 Å². The third-order valence-electron chi connectivity index (χ3n) is 1.96. The van der Waals surface area contributed by atoms with Gasteiger partial charge in [-0.3, -0.25) is 0 Å². The minimum Gasteiger partial charge on any atom is -0.478 e. The van der Waals surface area contributed by atoms with E-state index in [0.717, 1.165) is 18.2 Å². The molecular formula is C12H10O6. The molecule has 0 saturated heterocycles. The molecule has 0 bridgehead atoms. The van der Waals surface area contributed by atoms with Crippen LogP contribution in [0, 0.1) is 0 Å². The number of aromatic carboxylic acids is 2. The van der Waals surface area contributed by atoms with Crippen molar-refractivity contribution in [3.8, 4) is 5.75 Å². The van der Waals surface area contributed by atoms with Crippen molar-refractivity contribution in [3.05, 3.63) is 41.5 Å². The number of carboxylic acids is 2. The topological polar surface area (TPSA) is 101 Å². The van der Waals surface area contributed by atoms with E-state index in [2.05, 4.69) is 6.58 Å². The third kappa shape index (κ3) is 3.18. The molecule has 0 aliphatic carbocycles. The van der Waals surface area contributed by atoms with Crippen molar-refractivity contribution in [1.82, 2.24) is 0 Å². The number of hydrogen-bond donors (Lipinski definition) is 2. The number of benzene rings is 1. The Morgan fingerprint density at radius 1 is 1.06 bits per heavy atom. The second kappa shape index (κ2) is 5.13. The predicted molar refractivity (Wildman–Crippen MR) is 60.8 cm³/mol. The van der Waals surface area contributed by atoms with Gasteiger partial charge in [0.05, 0.1) is 11.1 Å². The van der Waals surface area contributed by atoms with E-state index in [-0.39, 0.29) is 22.4 Å². The first-order valence-electron chi connectivity index (χ1n) is 4.80. The van der Waals surface area contributed by atoms with Crippen LogP contribution in [0.1, 0.15) is 27.6 Å². The summed E-state index contributed by atoms with van der Waals surface area (Å²) >= 11 is 0. The van der Waals surface area contributed by atoms with Crippen molar-refractivity contribution in [2.45, 2.75) is 6.92 Å². The van der Waals surface area contributed by atoms with Gasteiger partial charge in [-0.1, -0.05) is 6.58 Å². The van der Waals surface area contributed by atoms with Crippen LogP contribution < -0.4 is 4.74 Å². The summed E-state index contributed by atoms with van der Waals surface area (Å²) in [5, 5.41) is 17.6. The first-order valence-corrected chi connectivity index (χ1v) is 4.80. The highest BCUT2D eigenvalue weighted by Gasteiger charge is 2.14. The van der Waals surface area contributed by atoms with E-state index in [1.165, 1.54) is 6.92 Å². The highest BCUT2D eigenvalue weighted by Crippen LogP contribution is 2.18. The minimum atomic E-state index is -1.31. The molecule has 0 aliphatic heterocycles. The Balaban J connectivity index is 3.19. The van der Waals surface area contributed by atoms with Gasteiger partial charge in [-0.05, 0) is 25.1 Å². The Bertz CT molecular complexity index is 511. The van der Waals surface area contributed by atoms with Gasteiger partial charge < -0.3 is 14.9 Å². The fourth-order valence-corrected chi connectivity index (χ4v) is 1.10. The summed E-state index contributed by atoms with van der Waals surface area (Å²) in [6.07, 6.45) is 0. The van der Waals surface area contributed by atoms with Crippen LogP contribution in [-0.4, -0.2) is 28.1 Å². The van der Waals surface area contributed by atoms with Crippen molar-refractivity contribution in [2.75, 3.05) is 0 Å². The standard InChI is InChI=1S/C12H10O6/c1-6(2)12(17)18-9-4-7(10(13)14)3-8(5-9)11(15)16/h3-5H,1H2,2H3,(H,13,14)(H,15,16). The van der Waals surface area contributed by atoms with Crippen LogP contribution in [0.3, 0.4) is 0 Å². The van der Waals surface area contributed by atoms with Gasteiger partial charge >= 0.3 is 17.9 Å². The summed E-state index contributed by atoms with van der Waals surface area (Å²) < 4.78 is 4.79. The number of carboxylic acid groups (broad SMARTS) is 2. The average molecular weight is 250 g/mol. The summed E-state index contributed by atoms with van der Waals surface area (Å²) in [5.74, 6) is -3.54. The van der Waals surface area contributed by atoms with Gasteiger partial charge in [-0.25, -0.2) is 14.4 Å². The van der Waals surface area contributed by atoms with Crippen molar-refractivity contribution >= 4 is 17.9 Å². The second-order valence-corrected chi connectivity index (χ2v) is 3.53. The third-order valence-corrected chi connectivity index (χ3v) is 1.96. The molecule has 0 amide bonds. The maximum atomic E-state index is 11.3. The molecule has 0 aromatic heterocycles. The molecule has 0 spiro atoms. The SMILES string of the molecule is C=C(C)C(=O)Oc1cc(C(=O)O)cc(C(=O)O)c1. The maximum absolute atomic E-state index is 11.3. The lowest BCUT2D eigenvalue weighted by Gasteiger charge is -2.06. The average Bonchev–Trinajstić information content (AvgIpc) is 2.28. The van der Waals surface area contributed by atoms with Crippen LogP contribution in [0.2, 0.25) is 0 Å². The molecule has 6 nitrogen and oxygen atoms in total. The molecule has 94 valence electrons. The zero-order chi connectivity index (χ0) is 13.9. The summed E-state index contributed by atoms with van der Waals surface area (Å²) in [7, 11) is 0. The van der Waals surface area contributed by atoms with E-state index in [0.29, 0.717) is 0 Å². The van der Waals surface area contributed by atoms with Crippen LogP contribution in [0.4, 0.5) is 0 Å². The number of esters is 1. The Morgan fingerprint density at radius 2 is 1.50 bits per heavy atom. The first kappa shape index (κ1) is 13.4. The molecule has 2 N–H and O–H groups in total. The van der Waals surface area contributed by atoms with Crippen LogP contribution >= 0.6 is 0 Å². The molecule has 0 saturated carbocycles. The Labute approximate surface area is 102 Å². The molecule has 0 unspecified atom stereocenters. The molecule has 1 rings (SSSR count). The number of carbonyl (C=O) groups excluding carboxylic acids is 1. The fourth-order valence-electron chi connectivity index (χ4n) is 1.10. The number of ether oxygens (including phenoxy) is 1. The van der Waals surface area contributed by atoms with Gasteiger partial charge in [-0.2, -0.15) is 0 Å². The van der Waals surface area contributed by atoms with Crippen LogP contribution in [0.15, 0.2) is 30.4 Å². The van der Waals surface area contributed by atoms with Gasteiger partial charge in [0.15, 0.2) is 0 Å². The molecule has 18 heavy (non-hydrogen) atoms. The predicted octanol–water partition coefficient (Wildman–Crippen LogP) is 1.56. The van der Waals surface area contributed by atoms with Gasteiger partial charge in [0.1, 0.15) is 5.75 Å². The van der Waals surface area contributed by atoms with Crippen molar-refractivity contribution < 1.29 is 29.3 Å². The van der Waals surface area contributed by atoms with Crippen molar-refractivity contribution in [3.63, 3.8) is 0 Å². The Hall–Kier alpha value is -2.63. The largest absolute Gasteiger partial charge is 0.478 e. The van der Waals surface area contributed by atoms with E-state index in [4.69, 9.17) is 14.9 Å². The highest BCUT2D eigenvalue weighted by molar-refractivity contribution is 5.95. The number of hydrogen-bond acceptors (Lipinski definition) is 4. The van der Waals surface area contributed by atoms with Crippen molar-refractivity contribution in [2.24, 2.45) is 0 Å². The number of rotatable bonds is 4. The van der Waals surface area contributed by atoms with Gasteiger partial charge in [0.25, 0.3) is 0 Å². The van der Waals surface area contributed by atoms with Crippen molar-refractivity contribution in [1.29, 1.82) is 0 Å². The van der Waals surface area contributed by atoms with Gasteiger partial charge in [0.2, 0.25) is 0 Å². The van der Waals surface area contributed by atoms with Gasteiger partial charge in [0, 0.05) is 5.57 Å². The molecule has 0 aliphatic rings. The molecule has 0 heterocycles. The number of carbonyl (C=O) groups is 3. The van der Waals surface area contributed by atoms with E-state index < -0.39 is 17.9 Å². The van der Waals surface area contributed by atoms with Gasteiger partial charge in [-0.15, -0.1) is 0 Å². The second-order valence-electron chi connectivity index (χ2n) is 3.53. The molecule has 0 radical (unpaired) electrons. The molecule has 0 atom stereocenters. The summed E-state index contributed by atoms with van der Waals surface area (Å²) in [6.45, 7) is 4.78. The first-order chi connectivity index (χ1) is 8.31. The lowest BCUT2D eigenvalue weighted by molar-refractivity contribution is -0.130. The lowest BCUT2D eigenvalue weighted by Crippen LogP contribution is -2.10. The summed E-state index contributed by atoms with van der Waals surface area (Å²) in [6, 6.07) is 3.11. The smallest absolute Gasteiger partial charge is 0.338 e. The molecule has 1 aromatic rings. The molecule has 1 aromatic carbocycles. The fraction of sp³-hybridized carbons (Fsp3) is 0.0833. The van der Waals surface area contributed by atoms with Crippen LogP contribution in [-0.2, 0) is 4.79 Å². The van der Waals surface area contributed by atoms with E-state index in [9.17, 15) is 14.4 Å². The minimum absolute atomic E-state index is 0.118. The van der Waals surface area contributed by atoms with E-state index >= 15 is 0 Å².